The quantitative estimate of drug-likeness (QED) is 0.657. The fourth-order valence-corrected chi connectivity index (χ4v) is 1.15. The molecule has 0 saturated heterocycles. The summed E-state index contributed by atoms with van der Waals surface area (Å²) >= 11 is 0. The minimum atomic E-state index is 0.121. The summed E-state index contributed by atoms with van der Waals surface area (Å²) in [5.41, 5.74) is 3.43. The van der Waals surface area contributed by atoms with E-state index in [1.165, 1.54) is 0 Å². The monoisotopic (exact) mass is 201 g/mol. The lowest BCUT2D eigenvalue weighted by Crippen LogP contribution is -2.06. The minimum Gasteiger partial charge on any atom is -0.257 e. The van der Waals surface area contributed by atoms with E-state index in [2.05, 4.69) is 45.3 Å². The van der Waals surface area contributed by atoms with Gasteiger partial charge in [-0.3, -0.25) is 4.98 Å². The number of allylic oxidation sites excluding steroid dienone is 3. The lowest BCUT2D eigenvalue weighted by atomic mass is 9.86. The van der Waals surface area contributed by atoms with E-state index in [9.17, 15) is 0 Å². The molecule has 15 heavy (non-hydrogen) atoms. The van der Waals surface area contributed by atoms with Crippen molar-refractivity contribution in [1.29, 1.82) is 0 Å². The molecule has 0 aliphatic rings. The summed E-state index contributed by atoms with van der Waals surface area (Å²) in [7, 11) is 0. The van der Waals surface area contributed by atoms with E-state index >= 15 is 0 Å². The molecule has 1 rings (SSSR count). The summed E-state index contributed by atoms with van der Waals surface area (Å²) in [5.74, 6) is 0. The molecule has 0 fully saturated rings. The molecule has 0 aliphatic heterocycles. The summed E-state index contributed by atoms with van der Waals surface area (Å²) in [4.78, 5) is 4.30. The largest absolute Gasteiger partial charge is 0.257 e. The maximum Gasteiger partial charge on any atom is 0.0658 e. The van der Waals surface area contributed by atoms with E-state index in [0.717, 1.165) is 16.8 Å². The third kappa shape index (κ3) is 3.35. The van der Waals surface area contributed by atoms with Gasteiger partial charge in [-0.05, 0) is 35.6 Å². The highest BCUT2D eigenvalue weighted by Crippen LogP contribution is 2.27. The van der Waals surface area contributed by atoms with Gasteiger partial charge in [0.05, 0.1) is 5.69 Å². The molecule has 0 radical (unpaired) electrons. The normalized spacial score (nSPS) is 12.7. The van der Waals surface area contributed by atoms with Crippen LogP contribution in [-0.4, -0.2) is 4.98 Å². The molecule has 1 nitrogen and oxygen atoms in total. The molecule has 1 heterocycles. The zero-order chi connectivity index (χ0) is 11.5. The van der Waals surface area contributed by atoms with Gasteiger partial charge in [-0.25, -0.2) is 0 Å². The SMILES string of the molecule is C=C(/C=C(\C)c1ccccn1)C(C)(C)C. The number of hydrogen-bond acceptors (Lipinski definition) is 1. The van der Waals surface area contributed by atoms with Gasteiger partial charge in [0, 0.05) is 6.20 Å². The third-order valence-corrected chi connectivity index (χ3v) is 2.42. The van der Waals surface area contributed by atoms with Gasteiger partial charge >= 0.3 is 0 Å². The molecule has 0 aromatic carbocycles. The zero-order valence-corrected chi connectivity index (χ0v) is 10.0. The second-order valence-corrected chi connectivity index (χ2v) is 4.82. The predicted molar refractivity (Wildman–Crippen MR) is 66.5 cm³/mol. The van der Waals surface area contributed by atoms with Gasteiger partial charge in [-0.1, -0.05) is 39.5 Å². The average molecular weight is 201 g/mol. The van der Waals surface area contributed by atoms with E-state index in [1.54, 1.807) is 0 Å². The summed E-state index contributed by atoms with van der Waals surface area (Å²) in [6, 6.07) is 5.94. The molecule has 0 N–H and O–H groups in total. The first kappa shape index (κ1) is 11.7. The topological polar surface area (TPSA) is 12.9 Å². The first-order valence-corrected chi connectivity index (χ1v) is 5.20. The Morgan fingerprint density at radius 2 is 2.00 bits per heavy atom. The van der Waals surface area contributed by atoms with Crippen molar-refractivity contribution >= 4 is 5.57 Å². The van der Waals surface area contributed by atoms with Crippen LogP contribution < -0.4 is 0 Å². The van der Waals surface area contributed by atoms with Crippen LogP contribution in [0.25, 0.3) is 5.57 Å². The third-order valence-electron chi connectivity index (χ3n) is 2.42. The molecule has 1 aromatic heterocycles. The Balaban J connectivity index is 2.91. The Morgan fingerprint density at radius 3 is 2.47 bits per heavy atom. The first-order chi connectivity index (χ1) is 6.91. The van der Waals surface area contributed by atoms with Crippen molar-refractivity contribution in [3.63, 3.8) is 0 Å². The van der Waals surface area contributed by atoms with Crippen LogP contribution in [0.3, 0.4) is 0 Å². The predicted octanol–water partition coefficient (Wildman–Crippen LogP) is 4.09. The van der Waals surface area contributed by atoms with Crippen LogP contribution in [0.4, 0.5) is 0 Å². The van der Waals surface area contributed by atoms with Crippen molar-refractivity contribution in [2.75, 3.05) is 0 Å². The molecule has 0 saturated carbocycles. The van der Waals surface area contributed by atoms with Crippen molar-refractivity contribution in [2.24, 2.45) is 5.41 Å². The van der Waals surface area contributed by atoms with Crippen LogP contribution in [0.5, 0.6) is 0 Å². The summed E-state index contributed by atoms with van der Waals surface area (Å²) in [6.07, 6.45) is 3.93. The molecule has 0 aliphatic carbocycles. The van der Waals surface area contributed by atoms with E-state index in [4.69, 9.17) is 0 Å². The molecular formula is C14H19N. The number of rotatable bonds is 2. The smallest absolute Gasteiger partial charge is 0.0658 e. The lowest BCUT2D eigenvalue weighted by molar-refractivity contribution is 0.519. The molecule has 0 amide bonds. The molecule has 0 unspecified atom stereocenters. The van der Waals surface area contributed by atoms with Crippen molar-refractivity contribution in [3.8, 4) is 0 Å². The number of hydrogen-bond donors (Lipinski definition) is 0. The van der Waals surface area contributed by atoms with Crippen molar-refractivity contribution < 1.29 is 0 Å². The van der Waals surface area contributed by atoms with Crippen molar-refractivity contribution in [1.82, 2.24) is 4.98 Å². The highest BCUT2D eigenvalue weighted by atomic mass is 14.7. The Morgan fingerprint density at radius 1 is 1.33 bits per heavy atom. The van der Waals surface area contributed by atoms with Gasteiger partial charge in [-0.15, -0.1) is 0 Å². The van der Waals surface area contributed by atoms with Crippen LogP contribution in [0.1, 0.15) is 33.4 Å². The maximum absolute atomic E-state index is 4.30. The molecule has 80 valence electrons. The van der Waals surface area contributed by atoms with Gasteiger partial charge in [0.1, 0.15) is 0 Å². The van der Waals surface area contributed by atoms with Crippen LogP contribution in [0.15, 0.2) is 42.6 Å². The van der Waals surface area contributed by atoms with Gasteiger partial charge in [0.2, 0.25) is 0 Å². The van der Waals surface area contributed by atoms with E-state index < -0.39 is 0 Å². The molecular weight excluding hydrogens is 182 g/mol. The molecule has 0 spiro atoms. The summed E-state index contributed by atoms with van der Waals surface area (Å²) in [5, 5.41) is 0. The number of pyridine rings is 1. The highest BCUT2D eigenvalue weighted by Gasteiger charge is 2.12. The standard InChI is InChI=1S/C14H19N/c1-11(10-12(2)14(3,4)5)13-8-6-7-9-15-13/h6-10H,2H2,1,3-5H3/b11-10+. The fraction of sp³-hybridized carbons (Fsp3) is 0.357. The average Bonchev–Trinajstić information content (AvgIpc) is 2.17. The van der Waals surface area contributed by atoms with E-state index in [0.29, 0.717) is 0 Å². The summed E-state index contributed by atoms with van der Waals surface area (Å²) in [6.45, 7) is 12.6. The molecule has 1 heteroatoms. The van der Waals surface area contributed by atoms with Crippen LogP contribution in [-0.2, 0) is 0 Å². The van der Waals surface area contributed by atoms with Gasteiger partial charge in [0.25, 0.3) is 0 Å². The molecule has 0 atom stereocenters. The second-order valence-electron chi connectivity index (χ2n) is 4.82. The van der Waals surface area contributed by atoms with Crippen LogP contribution in [0, 0.1) is 5.41 Å². The maximum atomic E-state index is 4.30. The Kier molecular flexibility index (Phi) is 3.46. The Hall–Kier alpha value is -1.37. The number of aromatic nitrogens is 1. The molecule has 1 aromatic rings. The minimum absolute atomic E-state index is 0.121. The van der Waals surface area contributed by atoms with Gasteiger partial charge in [-0.2, -0.15) is 0 Å². The second kappa shape index (κ2) is 4.43. The fourth-order valence-electron chi connectivity index (χ4n) is 1.15. The Bertz CT molecular complexity index is 366. The Labute approximate surface area is 92.6 Å². The van der Waals surface area contributed by atoms with Crippen molar-refractivity contribution in [2.45, 2.75) is 27.7 Å². The number of nitrogens with zero attached hydrogens (tertiary/aromatic N) is 1. The summed E-state index contributed by atoms with van der Waals surface area (Å²) < 4.78 is 0. The van der Waals surface area contributed by atoms with Crippen molar-refractivity contribution in [3.05, 3.63) is 48.3 Å². The van der Waals surface area contributed by atoms with Gasteiger partial charge in [0.15, 0.2) is 0 Å². The molecule has 0 bridgehead atoms. The van der Waals surface area contributed by atoms with Crippen LogP contribution >= 0.6 is 0 Å². The van der Waals surface area contributed by atoms with Gasteiger partial charge < -0.3 is 0 Å². The van der Waals surface area contributed by atoms with Crippen LogP contribution in [0.2, 0.25) is 0 Å². The van der Waals surface area contributed by atoms with E-state index in [1.807, 2.05) is 24.4 Å². The lowest BCUT2D eigenvalue weighted by Gasteiger charge is -2.19. The van der Waals surface area contributed by atoms with E-state index in [-0.39, 0.29) is 5.41 Å². The highest BCUT2D eigenvalue weighted by molar-refractivity contribution is 5.63. The first-order valence-electron chi connectivity index (χ1n) is 5.20. The zero-order valence-electron chi connectivity index (χ0n) is 10.0.